The number of carbonyl (C=O) groups excluding carboxylic acids is 1. The smallest absolute Gasteiger partial charge is 0.264 e. The van der Waals surface area contributed by atoms with Crippen LogP contribution in [0.2, 0.25) is 0 Å². The van der Waals surface area contributed by atoms with Crippen LogP contribution in [0.25, 0.3) is 0 Å². The first kappa shape index (κ1) is 16.0. The fraction of sp³-hybridized carbons (Fsp3) is 0.316. The van der Waals surface area contributed by atoms with Crippen LogP contribution in [0.1, 0.15) is 37.8 Å². The quantitative estimate of drug-likeness (QED) is 0.726. The highest BCUT2D eigenvalue weighted by Gasteiger charge is 2.34. The Bertz CT molecular complexity index is 899. The van der Waals surface area contributed by atoms with Crippen molar-refractivity contribution < 1.29 is 4.79 Å². The first-order valence-corrected chi connectivity index (χ1v) is 9.26. The van der Waals surface area contributed by atoms with Gasteiger partial charge in [-0.1, -0.05) is 30.3 Å². The molecule has 1 aliphatic heterocycles. The Kier molecular flexibility index (Phi) is 4.13. The van der Waals surface area contributed by atoms with Crippen molar-refractivity contribution >= 4 is 17.2 Å². The van der Waals surface area contributed by atoms with Crippen LogP contribution in [0.15, 0.2) is 42.5 Å². The monoisotopic (exact) mass is 352 g/mol. The highest BCUT2D eigenvalue weighted by molar-refractivity contribution is 7.13. The number of nitrogens with zero attached hydrogens (tertiary/aromatic N) is 4. The molecule has 128 valence electrons. The summed E-state index contributed by atoms with van der Waals surface area (Å²) in [6.45, 7) is 5.28. The minimum Gasteiger partial charge on any atom is -0.326 e. The number of aromatic nitrogens is 3. The van der Waals surface area contributed by atoms with E-state index < -0.39 is 0 Å². The van der Waals surface area contributed by atoms with Gasteiger partial charge in [-0.05, 0) is 31.5 Å². The van der Waals surface area contributed by atoms with Crippen LogP contribution in [-0.2, 0) is 13.0 Å². The van der Waals surface area contributed by atoms with Crippen molar-refractivity contribution in [1.82, 2.24) is 19.7 Å². The lowest BCUT2D eigenvalue weighted by molar-refractivity contribution is 0.0613. The number of hydrogen-bond donors (Lipinski definition) is 0. The Morgan fingerprint density at radius 2 is 1.96 bits per heavy atom. The normalized spacial score (nSPS) is 16.7. The molecule has 25 heavy (non-hydrogen) atoms. The molecule has 0 saturated carbocycles. The molecule has 0 saturated heterocycles. The van der Waals surface area contributed by atoms with Crippen molar-refractivity contribution in [2.24, 2.45) is 0 Å². The summed E-state index contributed by atoms with van der Waals surface area (Å²) in [5.74, 6) is 1.73. The number of rotatable bonds is 3. The van der Waals surface area contributed by atoms with Crippen molar-refractivity contribution in [3.8, 4) is 0 Å². The van der Waals surface area contributed by atoms with Crippen LogP contribution in [0.5, 0.6) is 0 Å². The number of amides is 1. The van der Waals surface area contributed by atoms with Gasteiger partial charge in [0, 0.05) is 17.8 Å². The summed E-state index contributed by atoms with van der Waals surface area (Å²) < 4.78 is 1.95. The Labute approximate surface area is 150 Å². The molecule has 0 aliphatic carbocycles. The van der Waals surface area contributed by atoms with E-state index in [2.05, 4.69) is 22.2 Å². The number of benzene rings is 1. The molecule has 0 bridgehead atoms. The van der Waals surface area contributed by atoms with Gasteiger partial charge in [-0.2, -0.15) is 5.10 Å². The average molecular weight is 352 g/mol. The largest absolute Gasteiger partial charge is 0.326 e. The second-order valence-electron chi connectivity index (χ2n) is 6.35. The average Bonchev–Trinajstić information content (AvgIpc) is 3.21. The number of thiophene rings is 1. The van der Waals surface area contributed by atoms with Gasteiger partial charge in [0.2, 0.25) is 0 Å². The Balaban J connectivity index is 1.70. The molecule has 4 rings (SSSR count). The maximum absolute atomic E-state index is 13.1. The molecule has 2 aromatic heterocycles. The Hall–Kier alpha value is -2.47. The topological polar surface area (TPSA) is 51.0 Å². The molecule has 1 atom stereocenters. The van der Waals surface area contributed by atoms with Gasteiger partial charge in [0.15, 0.2) is 0 Å². The lowest BCUT2D eigenvalue weighted by atomic mass is 10.0. The zero-order chi connectivity index (χ0) is 17.4. The minimum absolute atomic E-state index is 0.0888. The number of carbonyl (C=O) groups is 1. The lowest BCUT2D eigenvalue weighted by Crippen LogP contribution is -2.43. The van der Waals surface area contributed by atoms with Gasteiger partial charge < -0.3 is 4.90 Å². The predicted molar refractivity (Wildman–Crippen MR) is 97.7 cm³/mol. The summed E-state index contributed by atoms with van der Waals surface area (Å²) in [6.07, 6.45) is 0.745. The molecule has 3 aromatic rings. The van der Waals surface area contributed by atoms with Gasteiger partial charge in [-0.15, -0.1) is 11.3 Å². The first-order valence-electron chi connectivity index (χ1n) is 8.44. The minimum atomic E-state index is -0.0905. The van der Waals surface area contributed by atoms with Crippen molar-refractivity contribution in [2.45, 2.75) is 32.9 Å². The fourth-order valence-corrected chi connectivity index (χ4v) is 4.18. The van der Waals surface area contributed by atoms with E-state index in [1.54, 1.807) is 11.3 Å². The first-order chi connectivity index (χ1) is 12.1. The second-order valence-corrected chi connectivity index (χ2v) is 7.64. The zero-order valence-corrected chi connectivity index (χ0v) is 15.2. The standard InChI is InChI=1S/C19H20N4OS/c1-13-8-9-17(25-13)19(24)22-10-11-23-18(20-14(2)21-23)16(22)12-15-6-4-3-5-7-15/h3-9,16H,10-12H2,1-2H3/t16-/m0/s1. The molecule has 0 radical (unpaired) electrons. The Morgan fingerprint density at radius 3 is 2.68 bits per heavy atom. The van der Waals surface area contributed by atoms with Crippen LogP contribution in [0, 0.1) is 13.8 Å². The molecule has 1 aromatic carbocycles. The van der Waals surface area contributed by atoms with Crippen molar-refractivity contribution in [3.05, 3.63) is 69.4 Å². The van der Waals surface area contributed by atoms with Gasteiger partial charge >= 0.3 is 0 Å². The van der Waals surface area contributed by atoms with Gasteiger partial charge in [0.1, 0.15) is 11.6 Å². The van der Waals surface area contributed by atoms with E-state index in [4.69, 9.17) is 0 Å². The molecule has 1 amide bonds. The van der Waals surface area contributed by atoms with E-state index in [1.165, 1.54) is 5.56 Å². The van der Waals surface area contributed by atoms with Crippen LogP contribution < -0.4 is 0 Å². The van der Waals surface area contributed by atoms with Crippen LogP contribution in [-0.4, -0.2) is 32.1 Å². The molecular formula is C19H20N4OS. The Morgan fingerprint density at radius 1 is 1.16 bits per heavy atom. The van der Waals surface area contributed by atoms with Crippen LogP contribution in [0.3, 0.4) is 0 Å². The number of hydrogen-bond acceptors (Lipinski definition) is 4. The molecule has 0 N–H and O–H groups in total. The summed E-state index contributed by atoms with van der Waals surface area (Å²) in [7, 11) is 0. The molecule has 0 spiro atoms. The van der Waals surface area contributed by atoms with Crippen molar-refractivity contribution in [1.29, 1.82) is 0 Å². The summed E-state index contributed by atoms with van der Waals surface area (Å²) in [5, 5.41) is 4.48. The summed E-state index contributed by atoms with van der Waals surface area (Å²) in [5.41, 5.74) is 1.20. The van der Waals surface area contributed by atoms with Crippen LogP contribution in [0.4, 0.5) is 0 Å². The van der Waals surface area contributed by atoms with Crippen molar-refractivity contribution in [2.75, 3.05) is 6.54 Å². The van der Waals surface area contributed by atoms with E-state index in [0.717, 1.165) is 27.8 Å². The third kappa shape index (κ3) is 3.09. The number of fused-ring (bicyclic) bond motifs is 1. The highest BCUT2D eigenvalue weighted by atomic mass is 32.1. The maximum atomic E-state index is 13.1. The highest BCUT2D eigenvalue weighted by Crippen LogP contribution is 2.30. The molecule has 1 aliphatic rings. The zero-order valence-electron chi connectivity index (χ0n) is 14.3. The van der Waals surface area contributed by atoms with Gasteiger partial charge in [-0.3, -0.25) is 4.79 Å². The third-order valence-corrected chi connectivity index (χ3v) is 5.51. The molecule has 3 heterocycles. The molecule has 0 unspecified atom stereocenters. The van der Waals surface area contributed by atoms with E-state index in [0.29, 0.717) is 13.1 Å². The van der Waals surface area contributed by atoms with Gasteiger partial charge in [-0.25, -0.2) is 9.67 Å². The van der Waals surface area contributed by atoms with E-state index >= 15 is 0 Å². The summed E-state index contributed by atoms with van der Waals surface area (Å²) in [6, 6.07) is 14.1. The third-order valence-electron chi connectivity index (χ3n) is 4.52. The SMILES string of the molecule is Cc1nc2n(n1)CCN(C(=O)c1ccc(C)s1)[C@H]2Cc1ccccc1. The maximum Gasteiger partial charge on any atom is 0.264 e. The summed E-state index contributed by atoms with van der Waals surface area (Å²) in [4.78, 5) is 21.6. The molecule has 0 fully saturated rings. The lowest BCUT2D eigenvalue weighted by Gasteiger charge is -2.35. The van der Waals surface area contributed by atoms with E-state index in [-0.39, 0.29) is 11.9 Å². The molecular weight excluding hydrogens is 332 g/mol. The molecule has 5 nitrogen and oxygen atoms in total. The van der Waals surface area contributed by atoms with Gasteiger partial charge in [0.25, 0.3) is 5.91 Å². The summed E-state index contributed by atoms with van der Waals surface area (Å²) >= 11 is 1.55. The van der Waals surface area contributed by atoms with Crippen molar-refractivity contribution in [3.63, 3.8) is 0 Å². The van der Waals surface area contributed by atoms with Gasteiger partial charge in [0.05, 0.1) is 17.5 Å². The number of aryl methyl sites for hydroxylation is 2. The van der Waals surface area contributed by atoms with E-state index in [9.17, 15) is 4.79 Å². The predicted octanol–water partition coefficient (Wildman–Crippen LogP) is 3.40. The fourth-order valence-electron chi connectivity index (χ4n) is 3.35. The van der Waals surface area contributed by atoms with E-state index in [1.807, 2.05) is 53.8 Å². The van der Waals surface area contributed by atoms with Crippen LogP contribution >= 0.6 is 11.3 Å². The second kappa shape index (κ2) is 6.44. The molecule has 6 heteroatoms.